The minimum atomic E-state index is -0.249. The Kier molecular flexibility index (Phi) is 7.74. The number of hydrogen-bond donors (Lipinski definition) is 2. The molecule has 0 spiro atoms. The number of rotatable bonds is 7. The van der Waals surface area contributed by atoms with E-state index in [1.54, 1.807) is 0 Å². The highest BCUT2D eigenvalue weighted by Gasteiger charge is 2.34. The maximum atomic E-state index is 12.7. The van der Waals surface area contributed by atoms with Crippen LogP contribution in [0.15, 0.2) is 53.0 Å². The molecule has 0 atom stereocenters. The van der Waals surface area contributed by atoms with E-state index in [4.69, 9.17) is 9.47 Å². The van der Waals surface area contributed by atoms with Gasteiger partial charge in [0.25, 0.3) is 0 Å². The summed E-state index contributed by atoms with van der Waals surface area (Å²) in [5.41, 5.74) is 3.00. The monoisotopic (exact) mass is 487 g/mol. The van der Waals surface area contributed by atoms with Crippen LogP contribution in [0, 0.1) is 0 Å². The molecule has 31 heavy (non-hydrogen) atoms. The molecule has 0 unspecified atom stereocenters. The van der Waals surface area contributed by atoms with E-state index >= 15 is 0 Å². The van der Waals surface area contributed by atoms with Gasteiger partial charge in [-0.3, -0.25) is 15.0 Å². The third-order valence-electron chi connectivity index (χ3n) is 6.06. The second kappa shape index (κ2) is 10.7. The SMILES string of the molecule is O=C(CNC1(c2cccc(Br)c2)CCOCC1)Nc1ccc(CN2CCOCC2)cc1. The maximum absolute atomic E-state index is 12.7. The van der Waals surface area contributed by atoms with Gasteiger partial charge in [0.05, 0.1) is 19.8 Å². The first kappa shape index (κ1) is 22.4. The summed E-state index contributed by atoms with van der Waals surface area (Å²) in [6.07, 6.45) is 1.68. The van der Waals surface area contributed by atoms with Gasteiger partial charge >= 0.3 is 0 Å². The van der Waals surface area contributed by atoms with Gasteiger partial charge in [-0.15, -0.1) is 0 Å². The van der Waals surface area contributed by atoms with Crippen molar-refractivity contribution in [3.05, 3.63) is 64.1 Å². The third-order valence-corrected chi connectivity index (χ3v) is 6.55. The van der Waals surface area contributed by atoms with E-state index in [-0.39, 0.29) is 18.0 Å². The van der Waals surface area contributed by atoms with Crippen molar-refractivity contribution in [3.63, 3.8) is 0 Å². The molecule has 2 aromatic rings. The van der Waals surface area contributed by atoms with E-state index in [2.05, 4.69) is 55.7 Å². The van der Waals surface area contributed by atoms with Crippen molar-refractivity contribution < 1.29 is 14.3 Å². The Morgan fingerprint density at radius 1 is 1.00 bits per heavy atom. The summed E-state index contributed by atoms with van der Waals surface area (Å²) in [6, 6.07) is 16.4. The molecule has 2 aliphatic rings. The Morgan fingerprint density at radius 2 is 1.71 bits per heavy atom. The summed E-state index contributed by atoms with van der Waals surface area (Å²) in [5.74, 6) is -0.0400. The van der Waals surface area contributed by atoms with Crippen LogP contribution in [0.3, 0.4) is 0 Å². The third kappa shape index (κ3) is 6.14. The van der Waals surface area contributed by atoms with E-state index in [0.717, 1.165) is 55.8 Å². The van der Waals surface area contributed by atoms with Crippen LogP contribution in [0.1, 0.15) is 24.0 Å². The largest absolute Gasteiger partial charge is 0.381 e. The lowest BCUT2D eigenvalue weighted by molar-refractivity contribution is -0.116. The normalized spacial score (nSPS) is 19.1. The molecule has 166 valence electrons. The Balaban J connectivity index is 1.33. The Hall–Kier alpha value is -1.77. The van der Waals surface area contributed by atoms with Gasteiger partial charge in [-0.1, -0.05) is 40.2 Å². The van der Waals surface area contributed by atoms with Crippen LogP contribution in [-0.4, -0.2) is 56.9 Å². The molecule has 2 N–H and O–H groups in total. The highest BCUT2D eigenvalue weighted by Crippen LogP contribution is 2.33. The fourth-order valence-corrected chi connectivity index (χ4v) is 4.64. The summed E-state index contributed by atoms with van der Waals surface area (Å²) in [5, 5.41) is 6.55. The Labute approximate surface area is 192 Å². The number of nitrogens with zero attached hydrogens (tertiary/aromatic N) is 1. The number of carbonyl (C=O) groups excluding carboxylic acids is 1. The van der Waals surface area contributed by atoms with E-state index in [9.17, 15) is 4.79 Å². The summed E-state index contributed by atoms with van der Waals surface area (Å²) in [6.45, 7) is 6.07. The first-order valence-corrected chi connectivity index (χ1v) is 11.7. The van der Waals surface area contributed by atoms with Crippen molar-refractivity contribution in [1.29, 1.82) is 0 Å². The lowest BCUT2D eigenvalue weighted by Crippen LogP contribution is -2.49. The maximum Gasteiger partial charge on any atom is 0.238 e. The van der Waals surface area contributed by atoms with Crippen LogP contribution in [0.4, 0.5) is 5.69 Å². The number of halogens is 1. The van der Waals surface area contributed by atoms with Crippen molar-refractivity contribution in [1.82, 2.24) is 10.2 Å². The molecule has 0 saturated carbocycles. The van der Waals surface area contributed by atoms with Crippen LogP contribution in [0.2, 0.25) is 0 Å². The van der Waals surface area contributed by atoms with E-state index in [1.807, 2.05) is 24.3 Å². The molecule has 7 heteroatoms. The number of benzene rings is 2. The van der Waals surface area contributed by atoms with E-state index in [1.165, 1.54) is 11.1 Å². The van der Waals surface area contributed by atoms with Gasteiger partial charge in [-0.2, -0.15) is 0 Å². The van der Waals surface area contributed by atoms with Crippen LogP contribution in [0.25, 0.3) is 0 Å². The van der Waals surface area contributed by atoms with Gasteiger partial charge in [0.15, 0.2) is 0 Å². The standard InChI is InChI=1S/C24H30BrN3O3/c25-21-3-1-2-20(16-21)24(8-12-30-13-9-24)26-17-23(29)27-22-6-4-19(5-7-22)18-28-10-14-31-15-11-28/h1-7,16,26H,8-15,17-18H2,(H,27,29). The van der Waals surface area contributed by atoms with Gasteiger partial charge in [-0.25, -0.2) is 0 Å². The zero-order chi connectivity index (χ0) is 21.5. The first-order valence-electron chi connectivity index (χ1n) is 10.9. The van der Waals surface area contributed by atoms with Gasteiger partial charge in [0, 0.05) is 48.5 Å². The fourth-order valence-electron chi connectivity index (χ4n) is 4.24. The molecule has 0 radical (unpaired) electrons. The van der Waals surface area contributed by atoms with Crippen LogP contribution in [-0.2, 0) is 26.4 Å². The highest BCUT2D eigenvalue weighted by molar-refractivity contribution is 9.10. The number of carbonyl (C=O) groups is 1. The first-order chi connectivity index (χ1) is 15.1. The molecule has 0 aliphatic carbocycles. The second-order valence-electron chi connectivity index (χ2n) is 8.19. The fraction of sp³-hybridized carbons (Fsp3) is 0.458. The second-order valence-corrected chi connectivity index (χ2v) is 9.11. The lowest BCUT2D eigenvalue weighted by Gasteiger charge is -2.38. The van der Waals surface area contributed by atoms with Crippen molar-refractivity contribution in [2.45, 2.75) is 24.9 Å². The molecule has 6 nitrogen and oxygen atoms in total. The number of hydrogen-bond acceptors (Lipinski definition) is 5. The van der Waals surface area contributed by atoms with Crippen molar-refractivity contribution in [2.24, 2.45) is 0 Å². The summed E-state index contributed by atoms with van der Waals surface area (Å²) in [4.78, 5) is 15.0. The van der Waals surface area contributed by atoms with Gasteiger partial charge in [-0.05, 0) is 48.2 Å². The zero-order valence-electron chi connectivity index (χ0n) is 17.7. The average molecular weight is 488 g/mol. The molecule has 2 aliphatic heterocycles. The van der Waals surface area contributed by atoms with Crippen LogP contribution < -0.4 is 10.6 Å². The quantitative estimate of drug-likeness (QED) is 0.625. The number of anilines is 1. The van der Waals surface area contributed by atoms with Crippen LogP contribution in [0.5, 0.6) is 0 Å². The predicted octanol–water partition coefficient (Wildman–Crippen LogP) is 3.52. The average Bonchev–Trinajstić information content (AvgIpc) is 2.80. The zero-order valence-corrected chi connectivity index (χ0v) is 19.3. The Bertz CT molecular complexity index is 863. The molecule has 2 aromatic carbocycles. The van der Waals surface area contributed by atoms with Gasteiger partial charge in [0.1, 0.15) is 0 Å². The summed E-state index contributed by atoms with van der Waals surface area (Å²) in [7, 11) is 0. The molecule has 2 saturated heterocycles. The van der Waals surface area contributed by atoms with Gasteiger partial charge < -0.3 is 14.8 Å². The number of morpholine rings is 1. The molecule has 0 aromatic heterocycles. The van der Waals surface area contributed by atoms with Gasteiger partial charge in [0.2, 0.25) is 5.91 Å². The molecule has 0 bridgehead atoms. The lowest BCUT2D eigenvalue weighted by atomic mass is 9.82. The van der Waals surface area contributed by atoms with E-state index in [0.29, 0.717) is 13.2 Å². The molecule has 2 fully saturated rings. The number of nitrogens with one attached hydrogen (secondary N) is 2. The molecule has 2 heterocycles. The molecular weight excluding hydrogens is 458 g/mol. The predicted molar refractivity (Wildman–Crippen MR) is 125 cm³/mol. The molecular formula is C24H30BrN3O3. The molecule has 4 rings (SSSR count). The van der Waals surface area contributed by atoms with Crippen molar-refractivity contribution >= 4 is 27.5 Å². The van der Waals surface area contributed by atoms with Crippen molar-refractivity contribution in [2.75, 3.05) is 51.4 Å². The minimum absolute atomic E-state index is 0.0400. The Morgan fingerprint density at radius 3 is 2.42 bits per heavy atom. The summed E-state index contributed by atoms with van der Waals surface area (Å²) < 4.78 is 12.0. The minimum Gasteiger partial charge on any atom is -0.381 e. The highest BCUT2D eigenvalue weighted by atomic mass is 79.9. The molecule has 1 amide bonds. The number of ether oxygens (including phenoxy) is 2. The number of amides is 1. The van der Waals surface area contributed by atoms with Crippen molar-refractivity contribution in [3.8, 4) is 0 Å². The van der Waals surface area contributed by atoms with E-state index < -0.39 is 0 Å². The smallest absolute Gasteiger partial charge is 0.238 e. The summed E-state index contributed by atoms with van der Waals surface area (Å²) >= 11 is 3.57. The van der Waals surface area contributed by atoms with Crippen LogP contribution >= 0.6 is 15.9 Å². The topological polar surface area (TPSA) is 62.8 Å².